The maximum atomic E-state index is 6.06. The minimum absolute atomic E-state index is 0.488. The van der Waals surface area contributed by atoms with Gasteiger partial charge in [0.25, 0.3) is 0 Å². The second kappa shape index (κ2) is 5.48. The molecule has 0 amide bonds. The quantitative estimate of drug-likeness (QED) is 0.890. The molecule has 0 aliphatic heterocycles. The molecule has 2 aromatic rings. The van der Waals surface area contributed by atoms with Gasteiger partial charge in [-0.2, -0.15) is 5.10 Å². The summed E-state index contributed by atoms with van der Waals surface area (Å²) in [6.45, 7) is 2.84. The number of aromatic amines is 1. The lowest BCUT2D eigenvalue weighted by Gasteiger charge is -2.26. The van der Waals surface area contributed by atoms with Crippen LogP contribution in [-0.2, 0) is 0 Å². The van der Waals surface area contributed by atoms with Crippen molar-refractivity contribution in [2.24, 2.45) is 5.92 Å². The van der Waals surface area contributed by atoms with E-state index in [1.165, 1.54) is 19.3 Å². The molecule has 20 heavy (non-hydrogen) atoms. The molecule has 1 aliphatic rings. The number of H-pyrrole nitrogens is 1. The zero-order valence-electron chi connectivity index (χ0n) is 11.4. The Kier molecular flexibility index (Phi) is 3.70. The minimum Gasteiger partial charge on any atom is -0.491 e. The maximum Gasteiger partial charge on any atom is 0.145 e. The summed E-state index contributed by atoms with van der Waals surface area (Å²) in [5.41, 5.74) is 8.75. The number of aromatic nitrogens is 2. The maximum absolute atomic E-state index is 6.06. The Morgan fingerprint density at radius 3 is 2.80 bits per heavy atom. The third-order valence-electron chi connectivity index (χ3n) is 3.76. The molecular weight excluding hydrogens is 318 g/mol. The summed E-state index contributed by atoms with van der Waals surface area (Å²) in [6.07, 6.45) is 3.87. The Morgan fingerprint density at radius 2 is 2.20 bits per heavy atom. The van der Waals surface area contributed by atoms with Gasteiger partial charge >= 0.3 is 0 Å². The fourth-order valence-corrected chi connectivity index (χ4v) is 3.10. The minimum atomic E-state index is 0.488. The number of nitrogens with zero attached hydrogens (tertiary/aromatic N) is 1. The Morgan fingerprint density at radius 1 is 1.40 bits per heavy atom. The Balaban J connectivity index is 1.93. The van der Waals surface area contributed by atoms with E-state index in [0.717, 1.165) is 33.6 Å². The van der Waals surface area contributed by atoms with Crippen molar-refractivity contribution in [3.05, 3.63) is 28.2 Å². The Bertz CT molecular complexity index is 620. The summed E-state index contributed by atoms with van der Waals surface area (Å²) in [4.78, 5) is 0. The third kappa shape index (κ3) is 2.68. The zero-order valence-corrected chi connectivity index (χ0v) is 13.0. The second-order valence-corrected chi connectivity index (χ2v) is 6.29. The molecule has 0 atom stereocenters. The van der Waals surface area contributed by atoms with Crippen LogP contribution in [0.3, 0.4) is 0 Å². The van der Waals surface area contributed by atoms with E-state index in [9.17, 15) is 0 Å². The number of nitrogens with two attached hydrogens (primary N) is 1. The first-order valence-electron chi connectivity index (χ1n) is 6.87. The molecule has 1 saturated carbocycles. The van der Waals surface area contributed by atoms with Crippen molar-refractivity contribution in [3.8, 4) is 17.0 Å². The predicted molar refractivity (Wildman–Crippen MR) is 83.7 cm³/mol. The number of rotatable bonds is 4. The van der Waals surface area contributed by atoms with Gasteiger partial charge in [-0.25, -0.2) is 0 Å². The molecule has 1 fully saturated rings. The van der Waals surface area contributed by atoms with Crippen molar-refractivity contribution in [1.29, 1.82) is 0 Å². The van der Waals surface area contributed by atoms with Crippen molar-refractivity contribution in [3.63, 3.8) is 0 Å². The molecule has 106 valence electrons. The van der Waals surface area contributed by atoms with Crippen LogP contribution in [0.2, 0.25) is 0 Å². The number of ether oxygens (including phenoxy) is 1. The van der Waals surface area contributed by atoms with Gasteiger partial charge in [0, 0.05) is 11.6 Å². The third-order valence-corrected chi connectivity index (χ3v) is 4.35. The molecular formula is C15H18BrN3O. The summed E-state index contributed by atoms with van der Waals surface area (Å²) in [7, 11) is 0. The lowest BCUT2D eigenvalue weighted by atomic mass is 9.86. The average Bonchev–Trinajstić information content (AvgIpc) is 2.75. The molecule has 0 bridgehead atoms. The summed E-state index contributed by atoms with van der Waals surface area (Å²) in [6, 6.07) is 5.99. The van der Waals surface area contributed by atoms with Gasteiger partial charge in [-0.3, -0.25) is 5.10 Å². The summed E-state index contributed by atoms with van der Waals surface area (Å²) >= 11 is 3.60. The van der Waals surface area contributed by atoms with Gasteiger partial charge in [0.15, 0.2) is 0 Å². The highest BCUT2D eigenvalue weighted by atomic mass is 79.9. The molecule has 5 heteroatoms. The topological polar surface area (TPSA) is 63.9 Å². The van der Waals surface area contributed by atoms with Crippen molar-refractivity contribution in [1.82, 2.24) is 10.2 Å². The van der Waals surface area contributed by atoms with Crippen molar-refractivity contribution in [2.45, 2.75) is 26.2 Å². The van der Waals surface area contributed by atoms with E-state index in [0.29, 0.717) is 11.7 Å². The molecule has 4 nitrogen and oxygen atoms in total. The van der Waals surface area contributed by atoms with Crippen molar-refractivity contribution >= 4 is 21.7 Å². The molecule has 1 aliphatic carbocycles. The highest BCUT2D eigenvalue weighted by molar-refractivity contribution is 9.10. The fourth-order valence-electron chi connectivity index (χ4n) is 2.41. The van der Waals surface area contributed by atoms with E-state index in [4.69, 9.17) is 10.5 Å². The first-order chi connectivity index (χ1) is 9.63. The lowest BCUT2D eigenvalue weighted by molar-refractivity contribution is 0.180. The normalized spacial score (nSPS) is 15.1. The van der Waals surface area contributed by atoms with Crippen LogP contribution in [0.25, 0.3) is 11.3 Å². The highest BCUT2D eigenvalue weighted by Gasteiger charge is 2.20. The average molecular weight is 336 g/mol. The summed E-state index contributed by atoms with van der Waals surface area (Å²) < 4.78 is 7.03. The van der Waals surface area contributed by atoms with E-state index >= 15 is 0 Å². The fraction of sp³-hybridized carbons (Fsp3) is 0.400. The van der Waals surface area contributed by atoms with Gasteiger partial charge in [0.05, 0.1) is 16.8 Å². The molecule has 0 saturated heterocycles. The standard InChI is InChI=1S/C15H18BrN3O/c1-9-5-11(13-7-14(17)19-18-13)15(12(16)6-9)20-8-10-3-2-4-10/h5-7,10H,2-4,8H2,1H3,(H3,17,18,19). The van der Waals surface area contributed by atoms with E-state index in [1.807, 2.05) is 6.07 Å². The number of nitrogen functional groups attached to an aromatic ring is 1. The van der Waals surface area contributed by atoms with Gasteiger partial charge in [-0.05, 0) is 59.3 Å². The molecule has 0 radical (unpaired) electrons. The SMILES string of the molecule is Cc1cc(Br)c(OCC2CCC2)c(-c2cc(N)n[nH]2)c1. The van der Waals surface area contributed by atoms with Gasteiger partial charge in [-0.1, -0.05) is 6.42 Å². The van der Waals surface area contributed by atoms with Crippen LogP contribution >= 0.6 is 15.9 Å². The smallest absolute Gasteiger partial charge is 0.145 e. The molecule has 3 N–H and O–H groups in total. The summed E-state index contributed by atoms with van der Waals surface area (Å²) in [5, 5.41) is 6.95. The zero-order chi connectivity index (χ0) is 14.1. The van der Waals surface area contributed by atoms with Crippen LogP contribution in [0.4, 0.5) is 5.82 Å². The number of hydrogen-bond donors (Lipinski definition) is 2. The number of nitrogens with one attached hydrogen (secondary N) is 1. The molecule has 0 unspecified atom stereocenters. The van der Waals surface area contributed by atoms with Crippen LogP contribution in [0, 0.1) is 12.8 Å². The van der Waals surface area contributed by atoms with Crippen LogP contribution in [0.15, 0.2) is 22.7 Å². The molecule has 1 heterocycles. The predicted octanol–water partition coefficient (Wildman–Crippen LogP) is 3.91. The number of benzene rings is 1. The number of anilines is 1. The lowest BCUT2D eigenvalue weighted by Crippen LogP contribution is -2.19. The molecule has 3 rings (SSSR count). The van der Waals surface area contributed by atoms with Crippen molar-refractivity contribution in [2.75, 3.05) is 12.3 Å². The van der Waals surface area contributed by atoms with Crippen LogP contribution in [0.1, 0.15) is 24.8 Å². The molecule has 1 aromatic heterocycles. The Hall–Kier alpha value is -1.49. The molecule has 0 spiro atoms. The van der Waals surface area contributed by atoms with Gasteiger partial charge in [-0.15, -0.1) is 0 Å². The van der Waals surface area contributed by atoms with Gasteiger partial charge < -0.3 is 10.5 Å². The van der Waals surface area contributed by atoms with E-state index in [2.05, 4.69) is 45.2 Å². The first kappa shape index (κ1) is 13.5. The van der Waals surface area contributed by atoms with Crippen LogP contribution < -0.4 is 10.5 Å². The first-order valence-corrected chi connectivity index (χ1v) is 7.67. The second-order valence-electron chi connectivity index (χ2n) is 5.44. The number of aryl methyl sites for hydroxylation is 1. The monoisotopic (exact) mass is 335 g/mol. The number of halogens is 1. The van der Waals surface area contributed by atoms with Gasteiger partial charge in [0.1, 0.15) is 11.6 Å². The largest absolute Gasteiger partial charge is 0.491 e. The number of hydrogen-bond acceptors (Lipinski definition) is 3. The van der Waals surface area contributed by atoms with E-state index in [-0.39, 0.29) is 0 Å². The van der Waals surface area contributed by atoms with E-state index in [1.54, 1.807) is 0 Å². The summed E-state index contributed by atoms with van der Waals surface area (Å²) in [5.74, 6) is 2.05. The highest BCUT2D eigenvalue weighted by Crippen LogP contribution is 2.38. The van der Waals surface area contributed by atoms with Crippen LogP contribution in [-0.4, -0.2) is 16.8 Å². The molecule has 1 aromatic carbocycles. The van der Waals surface area contributed by atoms with Crippen molar-refractivity contribution < 1.29 is 4.74 Å². The van der Waals surface area contributed by atoms with Crippen LogP contribution in [0.5, 0.6) is 5.75 Å². The Labute approximate surface area is 126 Å². The van der Waals surface area contributed by atoms with E-state index < -0.39 is 0 Å². The van der Waals surface area contributed by atoms with Gasteiger partial charge in [0.2, 0.25) is 0 Å².